The Kier molecular flexibility index (Phi) is 14.4. The molecule has 16 nitrogen and oxygen atoms in total. The number of hydrogen-bond acceptors (Lipinski definition) is 9. The molecule has 0 spiro atoms. The van der Waals surface area contributed by atoms with Crippen molar-refractivity contribution < 1.29 is 39.0 Å². The summed E-state index contributed by atoms with van der Waals surface area (Å²) in [5, 5.41) is 24.9. The van der Waals surface area contributed by atoms with Crippen molar-refractivity contribution in [2.24, 2.45) is 27.9 Å². The molecule has 0 aromatic rings. The molecular formula is C18H32N8O8S. The minimum Gasteiger partial charge on any atom is -0.481 e. The summed E-state index contributed by atoms with van der Waals surface area (Å²) < 4.78 is 0. The van der Waals surface area contributed by atoms with Crippen LogP contribution < -0.4 is 38.9 Å². The predicted octanol–water partition coefficient (Wildman–Crippen LogP) is -4.42. The van der Waals surface area contributed by atoms with Gasteiger partial charge in [-0.1, -0.05) is 0 Å². The normalized spacial score (nSPS) is 13.9. The van der Waals surface area contributed by atoms with Gasteiger partial charge in [0, 0.05) is 18.7 Å². The van der Waals surface area contributed by atoms with Gasteiger partial charge >= 0.3 is 11.9 Å². The zero-order chi connectivity index (χ0) is 27.1. The number of rotatable bonds is 17. The molecule has 17 heteroatoms. The van der Waals surface area contributed by atoms with E-state index in [1.807, 2.05) is 0 Å². The summed E-state index contributed by atoms with van der Waals surface area (Å²) in [6.45, 7) is 0.111. The number of primary amides is 1. The van der Waals surface area contributed by atoms with Crippen molar-refractivity contribution in [3.8, 4) is 0 Å². The first-order valence-electron chi connectivity index (χ1n) is 10.3. The Morgan fingerprint density at radius 1 is 0.829 bits per heavy atom. The van der Waals surface area contributed by atoms with Gasteiger partial charge in [0.1, 0.15) is 18.1 Å². The summed E-state index contributed by atoms with van der Waals surface area (Å²) in [6.07, 6.45) is -1.04. The van der Waals surface area contributed by atoms with Crippen LogP contribution in [-0.2, 0) is 28.8 Å². The molecule has 0 aliphatic rings. The van der Waals surface area contributed by atoms with Gasteiger partial charge < -0.3 is 49.1 Å². The molecule has 0 fully saturated rings. The van der Waals surface area contributed by atoms with Crippen LogP contribution >= 0.6 is 12.6 Å². The van der Waals surface area contributed by atoms with Crippen molar-refractivity contribution in [2.45, 2.75) is 56.3 Å². The molecule has 4 atom stereocenters. The molecular weight excluding hydrogens is 488 g/mol. The highest BCUT2D eigenvalue weighted by atomic mass is 32.1. The Morgan fingerprint density at radius 2 is 1.37 bits per heavy atom. The van der Waals surface area contributed by atoms with E-state index in [1.165, 1.54) is 0 Å². The topological polar surface area (TPSA) is 295 Å². The number of nitrogens with one attached hydrogen (secondary N) is 3. The van der Waals surface area contributed by atoms with E-state index in [-0.39, 0.29) is 43.9 Å². The fourth-order valence-electron chi connectivity index (χ4n) is 2.61. The first kappa shape index (κ1) is 31.4. The molecule has 4 unspecified atom stereocenters. The number of nitrogens with two attached hydrogens (primary N) is 4. The fourth-order valence-corrected chi connectivity index (χ4v) is 2.87. The van der Waals surface area contributed by atoms with Crippen LogP contribution in [0.2, 0.25) is 0 Å². The molecule has 4 amide bonds. The number of carboxylic acid groups (broad SMARTS) is 2. The minimum atomic E-state index is -1.45. The van der Waals surface area contributed by atoms with Crippen molar-refractivity contribution >= 4 is 54.2 Å². The molecule has 35 heavy (non-hydrogen) atoms. The Hall–Kier alpha value is -3.60. The van der Waals surface area contributed by atoms with E-state index in [4.69, 9.17) is 28.0 Å². The molecule has 0 radical (unpaired) electrons. The summed E-state index contributed by atoms with van der Waals surface area (Å²) in [7, 11) is 0. The number of aliphatic imine (C=N–C) groups is 1. The lowest BCUT2D eigenvalue weighted by molar-refractivity contribution is -0.142. The standard InChI is InChI=1S/C18H32N8O8S/c19-8(6-13(28)29)14(30)24-9(2-1-5-23-18(21)22)15(31)26-11(7-35)16(32)25-10(17(33)34)3-4-12(20)27/h8-11,35H,1-7,19H2,(H2,20,27)(H,24,30)(H,25,32)(H,26,31)(H,28,29)(H,33,34)(H4,21,22,23). The minimum absolute atomic E-state index is 0.00851. The summed E-state index contributed by atoms with van der Waals surface area (Å²) in [5.74, 6) is -6.59. The van der Waals surface area contributed by atoms with Crippen LogP contribution in [0.4, 0.5) is 0 Å². The maximum absolute atomic E-state index is 12.8. The number of carbonyl (C=O) groups is 6. The van der Waals surface area contributed by atoms with Crippen molar-refractivity contribution in [3.05, 3.63) is 0 Å². The lowest BCUT2D eigenvalue weighted by Gasteiger charge is -2.24. The summed E-state index contributed by atoms with van der Waals surface area (Å²) in [4.78, 5) is 74.3. The Balaban J connectivity index is 5.38. The van der Waals surface area contributed by atoms with Crippen molar-refractivity contribution in [1.82, 2.24) is 16.0 Å². The van der Waals surface area contributed by atoms with Gasteiger partial charge in [0.05, 0.1) is 12.5 Å². The number of amides is 4. The highest BCUT2D eigenvalue weighted by molar-refractivity contribution is 7.80. The average molecular weight is 521 g/mol. The Morgan fingerprint density at radius 3 is 1.86 bits per heavy atom. The third-order valence-electron chi connectivity index (χ3n) is 4.42. The molecule has 0 aliphatic carbocycles. The largest absolute Gasteiger partial charge is 0.481 e. The fraction of sp³-hybridized carbons (Fsp3) is 0.611. The van der Waals surface area contributed by atoms with Crippen LogP contribution in [0.1, 0.15) is 32.1 Å². The van der Waals surface area contributed by atoms with Gasteiger partial charge in [0.2, 0.25) is 23.6 Å². The van der Waals surface area contributed by atoms with E-state index in [9.17, 15) is 33.9 Å². The van der Waals surface area contributed by atoms with E-state index in [0.29, 0.717) is 0 Å². The van der Waals surface area contributed by atoms with Crippen LogP contribution in [0.15, 0.2) is 4.99 Å². The van der Waals surface area contributed by atoms with Gasteiger partial charge in [0.15, 0.2) is 5.96 Å². The van der Waals surface area contributed by atoms with Crippen molar-refractivity contribution in [2.75, 3.05) is 12.3 Å². The molecule has 0 heterocycles. The molecule has 198 valence electrons. The maximum atomic E-state index is 12.8. The lowest BCUT2D eigenvalue weighted by Crippen LogP contribution is -2.57. The highest BCUT2D eigenvalue weighted by Gasteiger charge is 2.30. The molecule has 0 aromatic carbocycles. The zero-order valence-electron chi connectivity index (χ0n) is 18.8. The third kappa shape index (κ3) is 13.6. The van der Waals surface area contributed by atoms with Gasteiger partial charge in [0.25, 0.3) is 0 Å². The van der Waals surface area contributed by atoms with Gasteiger partial charge in [-0.05, 0) is 19.3 Å². The Bertz CT molecular complexity index is 820. The van der Waals surface area contributed by atoms with E-state index in [0.717, 1.165) is 0 Å². The number of guanidine groups is 1. The Labute approximate surface area is 206 Å². The van der Waals surface area contributed by atoms with Gasteiger partial charge in [-0.2, -0.15) is 12.6 Å². The number of thiol groups is 1. The van der Waals surface area contributed by atoms with E-state index < -0.39 is 66.2 Å². The smallest absolute Gasteiger partial charge is 0.326 e. The van der Waals surface area contributed by atoms with E-state index >= 15 is 0 Å². The monoisotopic (exact) mass is 520 g/mol. The van der Waals surface area contributed by atoms with Gasteiger partial charge in [-0.15, -0.1) is 0 Å². The molecule has 0 saturated heterocycles. The molecule has 0 aromatic heterocycles. The molecule has 13 N–H and O–H groups in total. The zero-order valence-corrected chi connectivity index (χ0v) is 19.7. The van der Waals surface area contributed by atoms with Crippen LogP contribution in [0.25, 0.3) is 0 Å². The van der Waals surface area contributed by atoms with Crippen LogP contribution in [0, 0.1) is 0 Å². The second-order valence-electron chi connectivity index (χ2n) is 7.36. The summed E-state index contributed by atoms with van der Waals surface area (Å²) in [5.41, 5.74) is 21.0. The predicted molar refractivity (Wildman–Crippen MR) is 126 cm³/mol. The van der Waals surface area contributed by atoms with Crippen molar-refractivity contribution in [1.29, 1.82) is 0 Å². The quantitative estimate of drug-likeness (QED) is 0.0377. The molecule has 0 aliphatic heterocycles. The maximum Gasteiger partial charge on any atom is 0.326 e. The van der Waals surface area contributed by atoms with Gasteiger partial charge in [-0.25, -0.2) is 4.79 Å². The lowest BCUT2D eigenvalue weighted by atomic mass is 10.1. The van der Waals surface area contributed by atoms with Crippen LogP contribution in [-0.4, -0.2) is 88.2 Å². The second kappa shape index (κ2) is 16.1. The number of aliphatic carboxylic acids is 2. The molecule has 0 rings (SSSR count). The molecule has 0 bridgehead atoms. The SMILES string of the molecule is NC(=O)CCC(NC(=O)C(CS)NC(=O)C(CCCN=C(N)N)NC(=O)C(N)CC(=O)O)C(=O)O. The number of carbonyl (C=O) groups excluding carboxylic acids is 4. The van der Waals surface area contributed by atoms with E-state index in [2.05, 4.69) is 33.6 Å². The highest BCUT2D eigenvalue weighted by Crippen LogP contribution is 2.04. The van der Waals surface area contributed by atoms with Crippen LogP contribution in [0.5, 0.6) is 0 Å². The summed E-state index contributed by atoms with van der Waals surface area (Å²) >= 11 is 3.99. The second-order valence-corrected chi connectivity index (χ2v) is 7.73. The third-order valence-corrected chi connectivity index (χ3v) is 4.78. The first-order valence-corrected chi connectivity index (χ1v) is 11.0. The van der Waals surface area contributed by atoms with Crippen molar-refractivity contribution in [3.63, 3.8) is 0 Å². The molecule has 0 saturated carbocycles. The van der Waals surface area contributed by atoms with Crippen LogP contribution in [0.3, 0.4) is 0 Å². The number of carboxylic acids is 2. The number of nitrogens with zero attached hydrogens (tertiary/aromatic N) is 1. The number of hydrogen-bond donors (Lipinski definition) is 10. The average Bonchev–Trinajstić information content (AvgIpc) is 2.75. The summed E-state index contributed by atoms with van der Waals surface area (Å²) in [6, 6.07) is -5.45. The van der Waals surface area contributed by atoms with Gasteiger partial charge in [-0.3, -0.25) is 29.0 Å². The first-order chi connectivity index (χ1) is 16.3. The van der Waals surface area contributed by atoms with E-state index in [1.54, 1.807) is 0 Å².